The average Bonchev–Trinajstić information content (AvgIpc) is 3.33. The number of anilines is 1. The molecule has 37 heavy (non-hydrogen) atoms. The Morgan fingerprint density at radius 2 is 1.70 bits per heavy atom. The summed E-state index contributed by atoms with van der Waals surface area (Å²) in [5.41, 5.74) is 0.998. The molecular weight excluding hydrogens is 489 g/mol. The molecule has 192 valence electrons. The lowest BCUT2D eigenvalue weighted by Gasteiger charge is -2.10. The van der Waals surface area contributed by atoms with Crippen molar-refractivity contribution in [2.45, 2.75) is 6.18 Å². The van der Waals surface area contributed by atoms with E-state index in [0.717, 1.165) is 29.8 Å². The second kappa shape index (κ2) is 11.1. The fourth-order valence-electron chi connectivity index (χ4n) is 3.41. The van der Waals surface area contributed by atoms with E-state index in [1.807, 2.05) is 12.1 Å². The fourth-order valence-corrected chi connectivity index (χ4v) is 3.41. The van der Waals surface area contributed by atoms with Crippen LogP contribution < -0.4 is 14.8 Å². The predicted molar refractivity (Wildman–Crippen MR) is 130 cm³/mol. The number of aromatic nitrogens is 3. The Morgan fingerprint density at radius 1 is 0.973 bits per heavy atom. The van der Waals surface area contributed by atoms with Gasteiger partial charge in [-0.05, 0) is 66.7 Å². The van der Waals surface area contributed by atoms with Crippen LogP contribution in [0.1, 0.15) is 15.9 Å². The van der Waals surface area contributed by atoms with Crippen molar-refractivity contribution >= 4 is 11.6 Å². The molecule has 0 unspecified atom stereocenters. The number of amides is 1. The Hall–Kier alpha value is -4.38. The summed E-state index contributed by atoms with van der Waals surface area (Å²) in [4.78, 5) is 17.2. The molecule has 1 amide bonds. The second-order valence-electron chi connectivity index (χ2n) is 7.78. The average molecular weight is 512 g/mol. The minimum absolute atomic E-state index is 0.0897. The second-order valence-corrected chi connectivity index (χ2v) is 7.78. The van der Waals surface area contributed by atoms with Gasteiger partial charge >= 0.3 is 12.2 Å². The van der Waals surface area contributed by atoms with Crippen LogP contribution in [0.2, 0.25) is 0 Å². The third-order valence-corrected chi connectivity index (χ3v) is 5.28. The highest BCUT2D eigenvalue weighted by molar-refractivity contribution is 6.04. The highest BCUT2D eigenvalue weighted by Crippen LogP contribution is 2.30. The smallest absolute Gasteiger partial charge is 0.416 e. The number of hydrogen-bond acceptors (Lipinski definition) is 6. The lowest BCUT2D eigenvalue weighted by atomic mass is 10.1. The summed E-state index contributed by atoms with van der Waals surface area (Å²) in [6, 6.07) is 18.2. The Morgan fingerprint density at radius 3 is 2.35 bits per heavy atom. The van der Waals surface area contributed by atoms with Gasteiger partial charge < -0.3 is 19.5 Å². The van der Waals surface area contributed by atoms with Crippen LogP contribution in [0.15, 0.2) is 72.8 Å². The van der Waals surface area contributed by atoms with Gasteiger partial charge in [-0.1, -0.05) is 6.07 Å². The molecule has 0 aliphatic carbocycles. The molecule has 0 spiro atoms. The first-order chi connectivity index (χ1) is 17.8. The lowest BCUT2D eigenvalue weighted by molar-refractivity contribution is -0.137. The van der Waals surface area contributed by atoms with E-state index in [4.69, 9.17) is 14.2 Å². The number of nitrogens with one attached hydrogen (secondary N) is 1. The first-order valence-electron chi connectivity index (χ1n) is 11.1. The number of ether oxygens (including phenoxy) is 3. The number of carbonyl (C=O) groups is 1. The molecule has 0 atom stereocenters. The van der Waals surface area contributed by atoms with Crippen LogP contribution in [0.4, 0.5) is 18.9 Å². The third kappa shape index (κ3) is 6.25. The van der Waals surface area contributed by atoms with Crippen molar-refractivity contribution in [1.29, 1.82) is 0 Å². The number of benzene rings is 3. The summed E-state index contributed by atoms with van der Waals surface area (Å²) in [5, 5.41) is 7.16. The molecule has 1 N–H and O–H groups in total. The van der Waals surface area contributed by atoms with Crippen molar-refractivity contribution in [3.63, 3.8) is 0 Å². The molecular formula is C26H23F3N4O4. The summed E-state index contributed by atoms with van der Waals surface area (Å²) in [7, 11) is 3.13. The molecule has 4 aromatic rings. The molecule has 0 fully saturated rings. The van der Waals surface area contributed by atoms with Crippen LogP contribution in [0, 0.1) is 0 Å². The van der Waals surface area contributed by atoms with Gasteiger partial charge in [-0.3, -0.25) is 4.79 Å². The van der Waals surface area contributed by atoms with Crippen LogP contribution in [0.5, 0.6) is 11.8 Å². The normalized spacial score (nSPS) is 11.3. The molecule has 0 saturated heterocycles. The SMILES string of the molecule is COCCOc1nc(-c2ccc(OC)cc2)n(-c2cccc(NC(=O)c3ccc(C(F)(F)F)cc3)c2)n1. The number of alkyl halides is 3. The van der Waals surface area contributed by atoms with E-state index < -0.39 is 17.6 Å². The maximum absolute atomic E-state index is 12.8. The van der Waals surface area contributed by atoms with Crippen molar-refractivity contribution in [3.8, 4) is 28.8 Å². The number of nitrogens with zero attached hydrogens (tertiary/aromatic N) is 3. The van der Waals surface area contributed by atoms with E-state index in [-0.39, 0.29) is 18.2 Å². The van der Waals surface area contributed by atoms with Crippen LogP contribution in [0.25, 0.3) is 17.1 Å². The zero-order valence-corrected chi connectivity index (χ0v) is 20.0. The Labute approximate surface area is 210 Å². The van der Waals surface area contributed by atoms with Gasteiger partial charge in [0.05, 0.1) is 25.0 Å². The van der Waals surface area contributed by atoms with Crippen molar-refractivity contribution in [1.82, 2.24) is 14.8 Å². The molecule has 1 heterocycles. The number of rotatable bonds is 9. The molecule has 0 radical (unpaired) electrons. The maximum atomic E-state index is 12.8. The summed E-state index contributed by atoms with van der Waals surface area (Å²) in [6.45, 7) is 0.615. The molecule has 4 rings (SSSR count). The van der Waals surface area contributed by atoms with E-state index in [9.17, 15) is 18.0 Å². The maximum Gasteiger partial charge on any atom is 0.416 e. The van der Waals surface area contributed by atoms with Gasteiger partial charge in [0.1, 0.15) is 12.4 Å². The van der Waals surface area contributed by atoms with Crippen LogP contribution in [-0.2, 0) is 10.9 Å². The van der Waals surface area contributed by atoms with Gasteiger partial charge in [-0.15, -0.1) is 5.10 Å². The largest absolute Gasteiger partial charge is 0.497 e. The quantitative estimate of drug-likeness (QED) is 0.309. The summed E-state index contributed by atoms with van der Waals surface area (Å²) in [6.07, 6.45) is -4.48. The van der Waals surface area contributed by atoms with Crippen LogP contribution in [-0.4, -0.2) is 48.1 Å². The minimum Gasteiger partial charge on any atom is -0.497 e. The summed E-state index contributed by atoms with van der Waals surface area (Å²) in [5.74, 6) is 0.615. The van der Waals surface area contributed by atoms with E-state index >= 15 is 0 Å². The predicted octanol–water partition coefficient (Wildman–Crippen LogP) is 5.24. The molecule has 0 aliphatic heterocycles. The Bertz CT molecular complexity index is 1350. The minimum atomic E-state index is -4.48. The zero-order valence-electron chi connectivity index (χ0n) is 20.0. The van der Waals surface area contributed by atoms with E-state index in [1.54, 1.807) is 55.3 Å². The Balaban J connectivity index is 1.61. The van der Waals surface area contributed by atoms with Crippen molar-refractivity contribution in [2.24, 2.45) is 0 Å². The van der Waals surface area contributed by atoms with E-state index in [0.29, 0.717) is 29.6 Å². The molecule has 11 heteroatoms. The summed E-state index contributed by atoms with van der Waals surface area (Å²) >= 11 is 0. The fraction of sp³-hybridized carbons (Fsp3) is 0.192. The Kier molecular flexibility index (Phi) is 7.73. The van der Waals surface area contributed by atoms with E-state index in [2.05, 4.69) is 15.4 Å². The van der Waals surface area contributed by atoms with Crippen molar-refractivity contribution in [3.05, 3.63) is 83.9 Å². The summed E-state index contributed by atoms with van der Waals surface area (Å²) < 4.78 is 55.9. The molecule has 3 aromatic carbocycles. The highest BCUT2D eigenvalue weighted by atomic mass is 19.4. The topological polar surface area (TPSA) is 87.5 Å². The first-order valence-corrected chi connectivity index (χ1v) is 11.1. The zero-order chi connectivity index (χ0) is 26.4. The number of carbonyl (C=O) groups excluding carboxylic acids is 1. The number of methoxy groups -OCH3 is 2. The molecule has 0 bridgehead atoms. The van der Waals surface area contributed by atoms with Crippen molar-refractivity contribution < 1.29 is 32.2 Å². The van der Waals surface area contributed by atoms with Crippen LogP contribution in [0.3, 0.4) is 0 Å². The van der Waals surface area contributed by atoms with Gasteiger partial charge in [-0.2, -0.15) is 18.2 Å². The molecule has 0 aliphatic rings. The molecule has 0 saturated carbocycles. The lowest BCUT2D eigenvalue weighted by Crippen LogP contribution is -2.13. The van der Waals surface area contributed by atoms with E-state index in [1.165, 1.54) is 0 Å². The standard InChI is InChI=1S/C26H23F3N4O4/c1-35-14-15-37-25-31-23(17-8-12-22(36-2)13-9-17)33(32-25)21-5-3-4-20(16-21)30-24(34)18-6-10-19(11-7-18)26(27,28)29/h3-13,16H,14-15H2,1-2H3,(H,30,34). The van der Waals surface area contributed by atoms with Crippen LogP contribution >= 0.6 is 0 Å². The van der Waals surface area contributed by atoms with Gasteiger partial charge in [0.2, 0.25) is 0 Å². The highest BCUT2D eigenvalue weighted by Gasteiger charge is 2.30. The van der Waals surface area contributed by atoms with Crippen molar-refractivity contribution in [2.75, 3.05) is 32.8 Å². The molecule has 8 nitrogen and oxygen atoms in total. The third-order valence-electron chi connectivity index (χ3n) is 5.28. The molecule has 1 aromatic heterocycles. The van der Waals surface area contributed by atoms with Gasteiger partial charge in [0, 0.05) is 23.9 Å². The van der Waals surface area contributed by atoms with Gasteiger partial charge in [0.25, 0.3) is 5.91 Å². The van der Waals surface area contributed by atoms with Gasteiger partial charge in [-0.25, -0.2) is 4.68 Å². The number of hydrogen-bond donors (Lipinski definition) is 1. The first kappa shape index (κ1) is 25.7. The number of halogens is 3. The monoisotopic (exact) mass is 512 g/mol. The van der Waals surface area contributed by atoms with Gasteiger partial charge in [0.15, 0.2) is 5.82 Å².